The maximum atomic E-state index is 5.16. The number of nitrogens with zero attached hydrogens (tertiary/aromatic N) is 2. The van der Waals surface area contributed by atoms with Crippen LogP contribution in [0.25, 0.3) is 0 Å². The van der Waals surface area contributed by atoms with E-state index in [1.54, 1.807) is 6.20 Å². The van der Waals surface area contributed by atoms with Gasteiger partial charge in [0.1, 0.15) is 12.5 Å². The molecular weight excluding hydrogens is 130 g/mol. The molecule has 0 aromatic carbocycles. The first-order valence-corrected chi connectivity index (χ1v) is 3.29. The fraction of sp³-hybridized carbons (Fsp3) is 0.500. The summed E-state index contributed by atoms with van der Waals surface area (Å²) in [6.45, 7) is 2.46. The van der Waals surface area contributed by atoms with Gasteiger partial charge in [0.05, 0.1) is 12.8 Å². The van der Waals surface area contributed by atoms with Gasteiger partial charge in [0.2, 0.25) is 0 Å². The van der Waals surface area contributed by atoms with Crippen LogP contribution in [0, 0.1) is 0 Å². The molecule has 0 aliphatic carbocycles. The van der Waals surface area contributed by atoms with Crippen LogP contribution in [0.15, 0.2) is 12.3 Å². The zero-order valence-corrected chi connectivity index (χ0v) is 5.58. The fourth-order valence-electron chi connectivity index (χ4n) is 1.03. The number of aromatic amines is 1. The van der Waals surface area contributed by atoms with Crippen LogP contribution in [0.5, 0.6) is 0 Å². The smallest absolute Gasteiger partial charge is 0.125 e. The number of ether oxygens (including phenoxy) is 1. The molecule has 1 saturated heterocycles. The number of nitrogens with one attached hydrogen (secondary N) is 1. The highest BCUT2D eigenvalue weighted by atomic mass is 16.5. The zero-order chi connectivity index (χ0) is 6.81. The monoisotopic (exact) mass is 139 g/mol. The van der Waals surface area contributed by atoms with Crippen LogP contribution in [0.4, 0.5) is 5.82 Å². The van der Waals surface area contributed by atoms with Crippen molar-refractivity contribution in [2.45, 2.75) is 0 Å². The second-order valence-electron chi connectivity index (χ2n) is 2.24. The number of anilines is 1. The Hall–Kier alpha value is -1.03. The average Bonchev–Trinajstić information content (AvgIpc) is 2.59. The van der Waals surface area contributed by atoms with Gasteiger partial charge in [0, 0.05) is 12.6 Å². The van der Waals surface area contributed by atoms with Crippen LogP contribution in [-0.4, -0.2) is 30.1 Å². The van der Waals surface area contributed by atoms with Crippen LogP contribution >= 0.6 is 0 Å². The normalized spacial score (nSPS) is 18.2. The molecule has 0 unspecified atom stereocenters. The van der Waals surface area contributed by atoms with Crippen LogP contribution in [0.2, 0.25) is 0 Å². The molecule has 54 valence electrons. The van der Waals surface area contributed by atoms with Crippen LogP contribution in [0.3, 0.4) is 0 Å². The number of rotatable bonds is 1. The molecular formula is C6H9N3O. The fourth-order valence-corrected chi connectivity index (χ4v) is 1.03. The lowest BCUT2D eigenvalue weighted by Gasteiger charge is -2.10. The molecule has 2 heterocycles. The Labute approximate surface area is 58.8 Å². The summed E-state index contributed by atoms with van der Waals surface area (Å²) in [5, 5.41) is 6.72. The summed E-state index contributed by atoms with van der Waals surface area (Å²) < 4.78 is 5.16. The lowest BCUT2D eigenvalue weighted by Crippen LogP contribution is -2.18. The largest absolute Gasteiger partial charge is 0.359 e. The van der Waals surface area contributed by atoms with Gasteiger partial charge in [-0.05, 0) is 0 Å². The molecule has 0 saturated carbocycles. The van der Waals surface area contributed by atoms with Crippen molar-refractivity contribution in [3.05, 3.63) is 12.3 Å². The number of hydrogen-bond acceptors (Lipinski definition) is 3. The zero-order valence-electron chi connectivity index (χ0n) is 5.58. The Morgan fingerprint density at radius 3 is 3.30 bits per heavy atom. The van der Waals surface area contributed by atoms with Gasteiger partial charge in [-0.25, -0.2) is 0 Å². The summed E-state index contributed by atoms with van der Waals surface area (Å²) in [7, 11) is 0. The molecule has 1 aliphatic heterocycles. The Morgan fingerprint density at radius 2 is 2.70 bits per heavy atom. The molecule has 1 aliphatic rings. The highest BCUT2D eigenvalue weighted by molar-refractivity contribution is 5.36. The van der Waals surface area contributed by atoms with Crippen molar-refractivity contribution in [3.63, 3.8) is 0 Å². The Kier molecular flexibility index (Phi) is 1.32. The van der Waals surface area contributed by atoms with E-state index in [9.17, 15) is 0 Å². The van der Waals surface area contributed by atoms with Crippen LogP contribution in [0.1, 0.15) is 0 Å². The first-order chi connectivity index (χ1) is 4.97. The van der Waals surface area contributed by atoms with Crippen molar-refractivity contribution in [1.29, 1.82) is 0 Å². The van der Waals surface area contributed by atoms with E-state index < -0.39 is 0 Å². The molecule has 1 fully saturated rings. The second-order valence-corrected chi connectivity index (χ2v) is 2.24. The molecule has 0 spiro atoms. The number of H-pyrrole nitrogens is 1. The van der Waals surface area contributed by atoms with Crippen LogP contribution < -0.4 is 4.90 Å². The summed E-state index contributed by atoms with van der Waals surface area (Å²) in [6.07, 6.45) is 1.74. The summed E-state index contributed by atoms with van der Waals surface area (Å²) in [4.78, 5) is 2.10. The van der Waals surface area contributed by atoms with Gasteiger partial charge < -0.3 is 9.64 Å². The highest BCUT2D eigenvalue weighted by Gasteiger charge is 2.12. The maximum Gasteiger partial charge on any atom is 0.125 e. The maximum absolute atomic E-state index is 5.16. The van der Waals surface area contributed by atoms with E-state index in [-0.39, 0.29) is 0 Å². The molecule has 4 heteroatoms. The third kappa shape index (κ3) is 0.863. The van der Waals surface area contributed by atoms with Gasteiger partial charge in [0.25, 0.3) is 0 Å². The topological polar surface area (TPSA) is 41.1 Å². The van der Waals surface area contributed by atoms with E-state index in [2.05, 4.69) is 15.1 Å². The minimum absolute atomic E-state index is 0.683. The van der Waals surface area contributed by atoms with Gasteiger partial charge in [-0.2, -0.15) is 5.10 Å². The second kappa shape index (κ2) is 2.30. The third-order valence-electron chi connectivity index (χ3n) is 1.58. The Balaban J connectivity index is 2.12. The third-order valence-corrected chi connectivity index (χ3v) is 1.58. The van der Waals surface area contributed by atoms with Crippen molar-refractivity contribution >= 4 is 5.82 Å². The van der Waals surface area contributed by atoms with Crippen molar-refractivity contribution in [2.24, 2.45) is 0 Å². The van der Waals surface area contributed by atoms with Crippen molar-refractivity contribution in [3.8, 4) is 0 Å². The molecule has 1 N–H and O–H groups in total. The van der Waals surface area contributed by atoms with Gasteiger partial charge in [-0.3, -0.25) is 5.10 Å². The van der Waals surface area contributed by atoms with Crippen molar-refractivity contribution in [1.82, 2.24) is 10.2 Å². The van der Waals surface area contributed by atoms with Gasteiger partial charge in [0.15, 0.2) is 0 Å². The molecule has 1 aromatic rings. The molecule has 10 heavy (non-hydrogen) atoms. The van der Waals surface area contributed by atoms with Gasteiger partial charge in [-0.1, -0.05) is 0 Å². The number of hydrogen-bond donors (Lipinski definition) is 1. The van der Waals surface area contributed by atoms with Crippen LogP contribution in [-0.2, 0) is 4.74 Å². The SMILES string of the molecule is c1cc(N2CCOC2)[nH]n1. The van der Waals surface area contributed by atoms with Gasteiger partial charge >= 0.3 is 0 Å². The van der Waals surface area contributed by atoms with E-state index in [1.807, 2.05) is 6.07 Å². The molecule has 0 bridgehead atoms. The molecule has 4 nitrogen and oxygen atoms in total. The summed E-state index contributed by atoms with van der Waals surface area (Å²) in [6, 6.07) is 1.94. The summed E-state index contributed by atoms with van der Waals surface area (Å²) in [5.74, 6) is 1.04. The Bertz CT molecular complexity index is 191. The van der Waals surface area contributed by atoms with E-state index in [0.717, 1.165) is 19.0 Å². The first-order valence-electron chi connectivity index (χ1n) is 3.29. The molecule has 0 atom stereocenters. The highest BCUT2D eigenvalue weighted by Crippen LogP contribution is 2.11. The lowest BCUT2D eigenvalue weighted by molar-refractivity contribution is 0.201. The average molecular weight is 139 g/mol. The predicted molar refractivity (Wildman–Crippen MR) is 36.8 cm³/mol. The number of aromatic nitrogens is 2. The summed E-state index contributed by atoms with van der Waals surface area (Å²) >= 11 is 0. The molecule has 1 aromatic heterocycles. The minimum atomic E-state index is 0.683. The van der Waals surface area contributed by atoms with Crippen molar-refractivity contribution < 1.29 is 4.74 Å². The van der Waals surface area contributed by atoms with Gasteiger partial charge in [-0.15, -0.1) is 0 Å². The lowest BCUT2D eigenvalue weighted by atomic mass is 10.5. The molecule has 0 amide bonds. The van der Waals surface area contributed by atoms with E-state index in [1.165, 1.54) is 0 Å². The summed E-state index contributed by atoms with van der Waals surface area (Å²) in [5.41, 5.74) is 0. The van der Waals surface area contributed by atoms with E-state index in [4.69, 9.17) is 4.74 Å². The van der Waals surface area contributed by atoms with Crippen molar-refractivity contribution in [2.75, 3.05) is 24.8 Å². The quantitative estimate of drug-likeness (QED) is 0.604. The van der Waals surface area contributed by atoms with E-state index in [0.29, 0.717) is 6.73 Å². The Morgan fingerprint density at radius 1 is 1.70 bits per heavy atom. The molecule has 2 rings (SSSR count). The first kappa shape index (κ1) is 5.73. The van der Waals surface area contributed by atoms with E-state index >= 15 is 0 Å². The molecule has 0 radical (unpaired) electrons. The predicted octanol–water partition coefficient (Wildman–Crippen LogP) is 0.204. The standard InChI is InChI=1S/C6H9N3O/c1-2-7-8-6(1)9-3-4-10-5-9/h1-2H,3-5H2,(H,7,8). The minimum Gasteiger partial charge on any atom is -0.359 e.